The molecule has 2 aromatic rings. The van der Waals surface area contributed by atoms with Gasteiger partial charge in [-0.05, 0) is 51.7 Å². The third-order valence-corrected chi connectivity index (χ3v) is 5.46. The zero-order valence-corrected chi connectivity index (χ0v) is 22.1. The summed E-state index contributed by atoms with van der Waals surface area (Å²) in [6.45, 7) is 13.2. The van der Waals surface area contributed by atoms with Crippen LogP contribution in [-0.2, 0) is 20.9 Å². The largest absolute Gasteiger partial charge is 0.444 e. The first kappa shape index (κ1) is 27.9. The molecule has 0 fully saturated rings. The molecule has 0 saturated heterocycles. The number of likely N-dealkylation sites (N-methyl/N-ethyl adjacent to an activating group) is 1. The standard InChI is InChI=1S/C28H39N3O4/c1-18(2)23(30-27(34)35-28(5,6)7)26(33)31(8)24(22-15-19(3)14-20(4)16-22)25(32)29-17-21-12-10-9-11-13-21/h9-16,18,23-24H,17H2,1-8H3,(H,29,32)(H,30,34). The Morgan fingerprint density at radius 3 is 2.06 bits per heavy atom. The summed E-state index contributed by atoms with van der Waals surface area (Å²) in [6.07, 6.45) is -0.672. The van der Waals surface area contributed by atoms with E-state index in [9.17, 15) is 14.4 Å². The molecule has 2 unspecified atom stereocenters. The molecule has 0 saturated carbocycles. The third-order valence-electron chi connectivity index (χ3n) is 5.46. The van der Waals surface area contributed by atoms with E-state index in [0.29, 0.717) is 12.1 Å². The van der Waals surface area contributed by atoms with Crippen molar-refractivity contribution in [2.24, 2.45) is 5.92 Å². The highest BCUT2D eigenvalue weighted by Gasteiger charge is 2.35. The lowest BCUT2D eigenvalue weighted by Gasteiger charge is -2.33. The smallest absolute Gasteiger partial charge is 0.408 e. The summed E-state index contributed by atoms with van der Waals surface area (Å²) >= 11 is 0. The Bertz CT molecular complexity index is 1010. The molecular formula is C28H39N3O4. The van der Waals surface area contributed by atoms with Crippen molar-refractivity contribution in [1.82, 2.24) is 15.5 Å². The summed E-state index contributed by atoms with van der Waals surface area (Å²) in [4.78, 5) is 40.9. The quantitative estimate of drug-likeness (QED) is 0.574. The molecule has 2 N–H and O–H groups in total. The van der Waals surface area contributed by atoms with Gasteiger partial charge in [-0.2, -0.15) is 0 Å². The van der Waals surface area contributed by atoms with Crippen LogP contribution in [0.4, 0.5) is 4.79 Å². The summed E-state index contributed by atoms with van der Waals surface area (Å²) < 4.78 is 5.36. The summed E-state index contributed by atoms with van der Waals surface area (Å²) in [5.41, 5.74) is 2.96. The van der Waals surface area contributed by atoms with Gasteiger partial charge in [-0.25, -0.2) is 4.79 Å². The molecule has 0 spiro atoms. The maximum absolute atomic E-state index is 13.6. The molecule has 35 heavy (non-hydrogen) atoms. The minimum atomic E-state index is -0.869. The molecule has 2 aromatic carbocycles. The maximum atomic E-state index is 13.6. The van der Waals surface area contributed by atoms with Crippen molar-refractivity contribution in [3.05, 3.63) is 70.8 Å². The summed E-state index contributed by atoms with van der Waals surface area (Å²) in [7, 11) is 1.60. The van der Waals surface area contributed by atoms with Crippen LogP contribution in [0.5, 0.6) is 0 Å². The van der Waals surface area contributed by atoms with Crippen molar-refractivity contribution < 1.29 is 19.1 Å². The van der Waals surface area contributed by atoms with E-state index < -0.39 is 23.8 Å². The molecule has 0 aliphatic carbocycles. The average Bonchev–Trinajstić information content (AvgIpc) is 2.74. The fraction of sp³-hybridized carbons (Fsp3) is 0.464. The van der Waals surface area contributed by atoms with Gasteiger partial charge in [0.15, 0.2) is 0 Å². The van der Waals surface area contributed by atoms with Gasteiger partial charge in [0.2, 0.25) is 11.8 Å². The second-order valence-electron chi connectivity index (χ2n) is 10.3. The molecule has 0 aromatic heterocycles. The second-order valence-corrected chi connectivity index (χ2v) is 10.3. The SMILES string of the molecule is Cc1cc(C)cc(C(C(=O)NCc2ccccc2)N(C)C(=O)C(NC(=O)OC(C)(C)C)C(C)C)c1. The molecule has 190 valence electrons. The van der Waals surface area contributed by atoms with E-state index in [1.807, 2.05) is 76.2 Å². The number of carbonyl (C=O) groups is 3. The highest BCUT2D eigenvalue weighted by atomic mass is 16.6. The van der Waals surface area contributed by atoms with Gasteiger partial charge in [-0.15, -0.1) is 0 Å². The Kier molecular flexibility index (Phi) is 9.46. The van der Waals surface area contributed by atoms with E-state index in [-0.39, 0.29) is 17.7 Å². The van der Waals surface area contributed by atoms with Crippen molar-refractivity contribution >= 4 is 17.9 Å². The molecule has 0 bridgehead atoms. The van der Waals surface area contributed by atoms with Crippen LogP contribution in [0, 0.1) is 19.8 Å². The lowest BCUT2D eigenvalue weighted by Crippen LogP contribution is -2.53. The molecule has 0 radical (unpaired) electrons. The van der Waals surface area contributed by atoms with Crippen LogP contribution in [0.3, 0.4) is 0 Å². The third kappa shape index (κ3) is 8.42. The monoisotopic (exact) mass is 481 g/mol. The number of nitrogens with one attached hydrogen (secondary N) is 2. The molecular weight excluding hydrogens is 442 g/mol. The first-order valence-corrected chi connectivity index (χ1v) is 11.9. The molecule has 3 amide bonds. The highest BCUT2D eigenvalue weighted by molar-refractivity contribution is 5.92. The first-order valence-electron chi connectivity index (χ1n) is 11.9. The Hall–Kier alpha value is -3.35. The fourth-order valence-corrected chi connectivity index (χ4v) is 3.90. The lowest BCUT2D eigenvalue weighted by molar-refractivity contribution is -0.141. The van der Waals surface area contributed by atoms with Crippen molar-refractivity contribution in [1.29, 1.82) is 0 Å². The van der Waals surface area contributed by atoms with Gasteiger partial charge in [0.25, 0.3) is 0 Å². The van der Waals surface area contributed by atoms with Gasteiger partial charge < -0.3 is 20.3 Å². The minimum Gasteiger partial charge on any atom is -0.444 e. The molecule has 7 nitrogen and oxygen atoms in total. The van der Waals surface area contributed by atoms with Gasteiger partial charge in [-0.1, -0.05) is 73.5 Å². The number of hydrogen-bond acceptors (Lipinski definition) is 4. The number of nitrogens with zero attached hydrogens (tertiary/aromatic N) is 1. The van der Waals surface area contributed by atoms with Gasteiger partial charge in [-0.3, -0.25) is 9.59 Å². The average molecular weight is 482 g/mol. The van der Waals surface area contributed by atoms with Crippen LogP contribution >= 0.6 is 0 Å². The Labute approximate surface area is 209 Å². The number of benzene rings is 2. The molecule has 2 rings (SSSR count). The number of aryl methyl sites for hydroxylation is 2. The van der Waals surface area contributed by atoms with E-state index in [1.165, 1.54) is 4.90 Å². The summed E-state index contributed by atoms with van der Waals surface area (Å²) in [6, 6.07) is 13.7. The Morgan fingerprint density at radius 1 is 0.971 bits per heavy atom. The topological polar surface area (TPSA) is 87.7 Å². The van der Waals surface area contributed by atoms with Gasteiger partial charge >= 0.3 is 6.09 Å². The van der Waals surface area contributed by atoms with E-state index in [4.69, 9.17) is 4.74 Å². The highest BCUT2D eigenvalue weighted by Crippen LogP contribution is 2.25. The van der Waals surface area contributed by atoms with E-state index in [1.54, 1.807) is 27.8 Å². The fourth-order valence-electron chi connectivity index (χ4n) is 3.90. The minimum absolute atomic E-state index is 0.218. The Balaban J connectivity index is 2.34. The number of rotatable bonds is 8. The number of hydrogen-bond donors (Lipinski definition) is 2. The predicted octanol–water partition coefficient (Wildman–Crippen LogP) is 4.67. The molecule has 0 aliphatic rings. The van der Waals surface area contributed by atoms with Crippen LogP contribution in [0.2, 0.25) is 0 Å². The number of ether oxygens (including phenoxy) is 1. The van der Waals surface area contributed by atoms with Gasteiger partial charge in [0.1, 0.15) is 17.7 Å². The van der Waals surface area contributed by atoms with Gasteiger partial charge in [0.05, 0.1) is 0 Å². The number of amides is 3. The Morgan fingerprint density at radius 2 is 1.54 bits per heavy atom. The summed E-state index contributed by atoms with van der Waals surface area (Å²) in [5.74, 6) is -0.885. The lowest BCUT2D eigenvalue weighted by atomic mass is 9.97. The van der Waals surface area contributed by atoms with Crippen molar-refractivity contribution in [2.75, 3.05) is 7.05 Å². The molecule has 0 aliphatic heterocycles. The van der Waals surface area contributed by atoms with E-state index >= 15 is 0 Å². The van der Waals surface area contributed by atoms with Crippen molar-refractivity contribution in [3.8, 4) is 0 Å². The molecule has 0 heterocycles. The van der Waals surface area contributed by atoms with Crippen LogP contribution in [0.1, 0.15) is 62.9 Å². The van der Waals surface area contributed by atoms with Crippen LogP contribution in [-0.4, -0.2) is 41.5 Å². The van der Waals surface area contributed by atoms with E-state index in [2.05, 4.69) is 10.6 Å². The van der Waals surface area contributed by atoms with Crippen LogP contribution in [0.15, 0.2) is 48.5 Å². The number of carbonyl (C=O) groups excluding carboxylic acids is 3. The normalized spacial score (nSPS) is 13.1. The number of alkyl carbamates (subject to hydrolysis) is 1. The molecule has 2 atom stereocenters. The summed E-state index contributed by atoms with van der Waals surface area (Å²) in [5, 5.41) is 5.66. The van der Waals surface area contributed by atoms with E-state index in [0.717, 1.165) is 16.7 Å². The van der Waals surface area contributed by atoms with Crippen molar-refractivity contribution in [3.63, 3.8) is 0 Å². The maximum Gasteiger partial charge on any atom is 0.408 e. The second kappa shape index (κ2) is 11.9. The van der Waals surface area contributed by atoms with Crippen molar-refractivity contribution in [2.45, 2.75) is 72.7 Å². The van der Waals surface area contributed by atoms with Gasteiger partial charge in [0, 0.05) is 13.6 Å². The molecule has 7 heteroatoms. The predicted molar refractivity (Wildman–Crippen MR) is 138 cm³/mol. The van der Waals surface area contributed by atoms with Crippen LogP contribution in [0.25, 0.3) is 0 Å². The zero-order chi connectivity index (χ0) is 26.3. The first-order chi connectivity index (χ1) is 16.3. The van der Waals surface area contributed by atoms with Crippen LogP contribution < -0.4 is 10.6 Å². The zero-order valence-electron chi connectivity index (χ0n) is 22.1.